The van der Waals surface area contributed by atoms with E-state index in [1.807, 2.05) is 12.1 Å². The number of likely N-dealkylation sites (N-methyl/N-ethyl adjacent to an activating group) is 2. The van der Waals surface area contributed by atoms with Crippen LogP contribution in [0.15, 0.2) is 118 Å². The smallest absolute Gasteiger partial charge is 0.212 e. The lowest BCUT2D eigenvalue weighted by molar-refractivity contribution is 0.144. The summed E-state index contributed by atoms with van der Waals surface area (Å²) in [6, 6.07) is 21.3. The molecule has 0 spiro atoms. The zero-order chi connectivity index (χ0) is 67.2. The minimum absolute atomic E-state index is 0.102. The number of benzene rings is 3. The highest BCUT2D eigenvalue weighted by Gasteiger charge is 2.21. The van der Waals surface area contributed by atoms with Crippen LogP contribution in [0.3, 0.4) is 0 Å². The first-order chi connectivity index (χ1) is 46.2. The normalized spacial score (nSPS) is 13.4. The fourth-order valence-electron chi connectivity index (χ4n) is 9.24. The van der Waals surface area contributed by atoms with Gasteiger partial charge in [-0.15, -0.1) is 6.42 Å². The average molecular weight is 1330 g/mol. The number of aromatic amines is 3. The molecular formula is C64H66ClF5N16O9. The molecule has 25 nitrogen and oxygen atoms in total. The zero-order valence-electron chi connectivity index (χ0n) is 52.1. The number of anilines is 1. The zero-order valence-corrected chi connectivity index (χ0v) is 52.9. The Morgan fingerprint density at radius 3 is 1.51 bits per heavy atom. The summed E-state index contributed by atoms with van der Waals surface area (Å²) >= 11 is 5.38. The topological polar surface area (TPSA) is 286 Å². The van der Waals surface area contributed by atoms with E-state index in [1.54, 1.807) is 38.6 Å². The summed E-state index contributed by atoms with van der Waals surface area (Å²) in [6.45, 7) is 10.6. The lowest BCUT2D eigenvalue weighted by atomic mass is 10.1. The SMILES string of the molecule is C#Cc1[nH]nc2cc(OCCOC)c(F)cc12.CN1CCNCC1.COCCOc1cc2[nH]nc(-c3cc(-c4ccc(F)nc4)no3)c2cc1F.COCCOc1cc2[nH]nc(-c3cc(-c4ccc(N5CCN(C)CC5)nc4)no3)c2cc1F.O/N=C(\Cl)c1ccc(F)nc1. The summed E-state index contributed by atoms with van der Waals surface area (Å²) in [5, 5.41) is 44.7. The van der Waals surface area contributed by atoms with E-state index < -0.39 is 29.3 Å². The van der Waals surface area contributed by atoms with Crippen LogP contribution in [0.2, 0.25) is 0 Å². The van der Waals surface area contributed by atoms with Crippen molar-refractivity contribution in [3.63, 3.8) is 0 Å². The molecule has 0 saturated carbocycles. The van der Waals surface area contributed by atoms with Gasteiger partial charge >= 0.3 is 0 Å². The van der Waals surface area contributed by atoms with Crippen molar-refractivity contribution in [2.75, 3.05) is 132 Å². The van der Waals surface area contributed by atoms with Crippen molar-refractivity contribution in [1.82, 2.24) is 71.0 Å². The number of ether oxygens (including phenoxy) is 6. The van der Waals surface area contributed by atoms with E-state index in [4.69, 9.17) is 60.7 Å². The number of methoxy groups -OCH3 is 3. The number of fused-ring (bicyclic) bond motifs is 3. The molecule has 0 unspecified atom stereocenters. The van der Waals surface area contributed by atoms with Crippen LogP contribution in [0.1, 0.15) is 11.3 Å². The largest absolute Gasteiger partial charge is 0.488 e. The standard InChI is InChI=1S/C23H25FN6O3.C18H14F2N4O3.C12H11FN2O2.C6H4ClFN2O.C5H12N2/c1-29-5-7-30(8-6-29)22-4-3-15(14-25-22)18-12-21(33-28-18)23-16-11-17(24)20(32-10-9-31-2)13-19(16)26-27-23;1-25-4-5-26-15-8-14-11(6-12(15)19)18(23-22-14)16-7-13(24-27-16)10-2-3-17(20)21-9-10;1-3-10-8-6-9(13)12(17-5-4-16-2)7-11(8)15-14-10;7-6(10-11)4-1-2-5(8)9-3-4;1-7-4-2-6-3-5-7/h3-4,11-14H,5-10H2,1-2H3,(H,26,27);2-3,6-9H,4-5H2,1H3,(H,22,23);1,6-7H,4-5H2,2H3,(H,14,15);1-3,11H;6H,2-5H2,1H3/b;;;10-6-;. The van der Waals surface area contributed by atoms with E-state index in [2.05, 4.69) is 101 Å². The molecule has 2 aliphatic rings. The maximum atomic E-state index is 14.5. The molecule has 2 aliphatic heterocycles. The number of hydrogen-bond donors (Lipinski definition) is 5. The number of aromatic nitrogens is 11. The molecule has 95 heavy (non-hydrogen) atoms. The molecule has 0 amide bonds. The summed E-state index contributed by atoms with van der Waals surface area (Å²) in [6.07, 6.45) is 9.58. The van der Waals surface area contributed by atoms with E-state index in [9.17, 15) is 22.0 Å². The third-order valence-electron chi connectivity index (χ3n) is 14.4. The molecule has 10 heterocycles. The Balaban J connectivity index is 0.000000152. The van der Waals surface area contributed by atoms with Gasteiger partial charge in [0, 0.05) is 155 Å². The molecule has 0 aliphatic carbocycles. The lowest BCUT2D eigenvalue weighted by Gasteiger charge is -2.33. The van der Waals surface area contributed by atoms with Crippen molar-refractivity contribution in [3.05, 3.63) is 144 Å². The highest BCUT2D eigenvalue weighted by atomic mass is 35.5. The molecule has 0 bridgehead atoms. The van der Waals surface area contributed by atoms with Crippen molar-refractivity contribution in [3.8, 4) is 75.0 Å². The second-order valence-electron chi connectivity index (χ2n) is 20.9. The Labute approximate surface area is 545 Å². The number of rotatable bonds is 18. The van der Waals surface area contributed by atoms with Gasteiger partial charge in [0.15, 0.2) is 51.4 Å². The fraction of sp³-hybridized carbons (Fsp3) is 0.297. The van der Waals surface area contributed by atoms with E-state index >= 15 is 0 Å². The highest BCUT2D eigenvalue weighted by molar-refractivity contribution is 6.69. The number of nitrogens with zero attached hydrogens (tertiary/aromatic N) is 12. The molecule has 2 saturated heterocycles. The highest BCUT2D eigenvalue weighted by Crippen LogP contribution is 2.35. The average Bonchev–Trinajstić information content (AvgIpc) is 1.67. The van der Waals surface area contributed by atoms with E-state index in [0.717, 1.165) is 56.7 Å². The second-order valence-corrected chi connectivity index (χ2v) is 21.3. The molecule has 31 heteroatoms. The Morgan fingerprint density at radius 1 is 0.579 bits per heavy atom. The maximum Gasteiger partial charge on any atom is 0.212 e. The fourth-order valence-corrected chi connectivity index (χ4v) is 9.35. The van der Waals surface area contributed by atoms with Gasteiger partial charge in [0.25, 0.3) is 0 Å². The minimum atomic E-state index is -0.601. The first-order valence-electron chi connectivity index (χ1n) is 29.4. The molecule has 2 fully saturated rings. The van der Waals surface area contributed by atoms with Gasteiger partial charge in [0.2, 0.25) is 11.9 Å². The van der Waals surface area contributed by atoms with E-state index in [-0.39, 0.29) is 42.2 Å². The number of piperazine rings is 2. The number of terminal acetylenes is 1. The summed E-state index contributed by atoms with van der Waals surface area (Å²) in [7, 11) is 8.94. The molecule has 0 radical (unpaired) electrons. The Morgan fingerprint density at radius 2 is 1.06 bits per heavy atom. The number of nitrogens with one attached hydrogen (secondary N) is 4. The first-order valence-corrected chi connectivity index (χ1v) is 29.7. The molecule has 8 aromatic heterocycles. The predicted octanol–water partition coefficient (Wildman–Crippen LogP) is 9.60. The quantitative estimate of drug-likeness (QED) is 0.0102. The minimum Gasteiger partial charge on any atom is -0.488 e. The van der Waals surface area contributed by atoms with Crippen molar-refractivity contribution in [2.24, 2.45) is 5.16 Å². The Hall–Kier alpha value is -10.1. The second kappa shape index (κ2) is 34.1. The van der Waals surface area contributed by atoms with Gasteiger partial charge in [-0.3, -0.25) is 15.3 Å². The van der Waals surface area contributed by atoms with Gasteiger partial charge in [-0.2, -0.15) is 24.1 Å². The van der Waals surface area contributed by atoms with Crippen molar-refractivity contribution >= 4 is 55.3 Å². The molecule has 11 aromatic rings. The summed E-state index contributed by atoms with van der Waals surface area (Å²) in [5.41, 5.74) is 6.04. The molecule has 0 atom stereocenters. The summed E-state index contributed by atoms with van der Waals surface area (Å²) < 4.78 is 109. The summed E-state index contributed by atoms with van der Waals surface area (Å²) in [4.78, 5) is 18.4. The molecule has 13 rings (SSSR count). The Bertz CT molecular complexity index is 4300. The van der Waals surface area contributed by atoms with Gasteiger partial charge in [-0.25, -0.2) is 28.1 Å². The number of halogens is 6. The van der Waals surface area contributed by atoms with Crippen LogP contribution >= 0.6 is 11.6 Å². The van der Waals surface area contributed by atoms with Crippen LogP contribution < -0.4 is 24.4 Å². The predicted molar refractivity (Wildman–Crippen MR) is 344 cm³/mol. The van der Waals surface area contributed by atoms with Gasteiger partial charge in [0.05, 0.1) is 36.4 Å². The van der Waals surface area contributed by atoms with Gasteiger partial charge in [-0.05, 0) is 68.7 Å². The lowest BCUT2D eigenvalue weighted by Crippen LogP contribution is -2.44. The van der Waals surface area contributed by atoms with Crippen LogP contribution in [0.25, 0.3) is 78.1 Å². The number of pyridine rings is 3. The van der Waals surface area contributed by atoms with Crippen molar-refractivity contribution < 1.29 is 64.6 Å². The van der Waals surface area contributed by atoms with Crippen molar-refractivity contribution in [2.45, 2.75) is 0 Å². The first kappa shape index (κ1) is 69.2. The number of H-pyrrole nitrogens is 3. The van der Waals surface area contributed by atoms with Crippen LogP contribution in [0.5, 0.6) is 17.2 Å². The molecule has 3 aromatic carbocycles. The Kier molecular flexibility index (Phi) is 24.9. The van der Waals surface area contributed by atoms with Crippen LogP contribution in [0.4, 0.5) is 27.8 Å². The van der Waals surface area contributed by atoms with Crippen molar-refractivity contribution in [1.29, 1.82) is 0 Å². The van der Waals surface area contributed by atoms with Crippen LogP contribution in [0, 0.1) is 41.7 Å². The van der Waals surface area contributed by atoms with Gasteiger partial charge < -0.3 is 62.7 Å². The number of oxime groups is 1. The van der Waals surface area contributed by atoms with E-state index in [1.165, 1.54) is 81.1 Å². The van der Waals surface area contributed by atoms with Gasteiger partial charge in [-0.1, -0.05) is 33.0 Å². The summed E-state index contributed by atoms with van der Waals surface area (Å²) in [5.74, 6) is 1.86. The van der Waals surface area contributed by atoms with Crippen LogP contribution in [-0.4, -0.2) is 203 Å². The molecule has 5 N–H and O–H groups in total. The number of hydrogen-bond acceptors (Lipinski definition) is 22. The molecule has 498 valence electrons. The van der Waals surface area contributed by atoms with Crippen LogP contribution in [-0.2, 0) is 14.2 Å². The molecular weight excluding hydrogens is 1270 g/mol. The van der Waals surface area contributed by atoms with Gasteiger partial charge in [0.1, 0.15) is 54.1 Å². The third kappa shape index (κ3) is 18.6. The monoisotopic (exact) mass is 1330 g/mol. The third-order valence-corrected chi connectivity index (χ3v) is 14.7. The van der Waals surface area contributed by atoms with E-state index in [0.29, 0.717) is 104 Å². The maximum absolute atomic E-state index is 14.5.